The molecule has 0 aromatic carbocycles. The zero-order valence-corrected chi connectivity index (χ0v) is 17.4. The van der Waals surface area contributed by atoms with Gasteiger partial charge in [-0.1, -0.05) is 13.8 Å². The van der Waals surface area contributed by atoms with Crippen LogP contribution in [0.5, 0.6) is 0 Å². The van der Waals surface area contributed by atoms with Crippen LogP contribution in [-0.4, -0.2) is 49.5 Å². The molecule has 9 nitrogen and oxygen atoms in total. The molecule has 3 aromatic heterocycles. The molecule has 10 heteroatoms. The summed E-state index contributed by atoms with van der Waals surface area (Å²) >= 11 is 1.54. The van der Waals surface area contributed by atoms with Crippen molar-refractivity contribution in [2.45, 2.75) is 38.6 Å². The van der Waals surface area contributed by atoms with Crippen LogP contribution in [0.25, 0.3) is 11.4 Å². The second kappa shape index (κ2) is 6.33. The second-order valence-electron chi connectivity index (χ2n) is 8.32. The van der Waals surface area contributed by atoms with Crippen molar-refractivity contribution in [2.75, 3.05) is 24.6 Å². The van der Waals surface area contributed by atoms with Crippen LogP contribution in [-0.2, 0) is 24.8 Å². The number of hydrogen-bond acceptors (Lipinski definition) is 8. The Morgan fingerprint density at radius 1 is 1.34 bits per heavy atom. The van der Waals surface area contributed by atoms with E-state index >= 15 is 0 Å². The van der Waals surface area contributed by atoms with Crippen LogP contribution < -0.4 is 11.1 Å². The predicted octanol–water partition coefficient (Wildman–Crippen LogP) is 1.98. The van der Waals surface area contributed by atoms with E-state index in [1.165, 1.54) is 16.2 Å². The first kappa shape index (κ1) is 18.2. The van der Waals surface area contributed by atoms with E-state index in [2.05, 4.69) is 56.3 Å². The van der Waals surface area contributed by atoms with E-state index in [1.54, 1.807) is 6.20 Å². The summed E-state index contributed by atoms with van der Waals surface area (Å²) in [5.74, 6) is -0.0431. The largest absolute Gasteiger partial charge is 0.368 e. The van der Waals surface area contributed by atoms with Gasteiger partial charge in [-0.05, 0) is 24.4 Å². The minimum absolute atomic E-state index is 0.196. The fourth-order valence-electron chi connectivity index (χ4n) is 4.19. The standard InChI is InChI=1S/C19H22N8OS/c1-19(2)6-9-7-21-17(20)23-13(9)14-12(19)15(26-25-14)16(28)24-18-22-10-4-5-27(3)8-11(10)29-18/h7H,4-6,8H2,1-3H3,(H,25,26)(H2,20,21,23)(H,22,24,28). The lowest BCUT2D eigenvalue weighted by molar-refractivity contribution is 0.102. The summed E-state index contributed by atoms with van der Waals surface area (Å²) in [4.78, 5) is 29.7. The Bertz CT molecular complexity index is 1130. The van der Waals surface area contributed by atoms with E-state index in [1.807, 2.05) is 0 Å². The Labute approximate surface area is 171 Å². The predicted molar refractivity (Wildman–Crippen MR) is 111 cm³/mol. The first-order valence-electron chi connectivity index (χ1n) is 9.51. The summed E-state index contributed by atoms with van der Waals surface area (Å²) in [7, 11) is 2.09. The van der Waals surface area contributed by atoms with Gasteiger partial charge in [0.15, 0.2) is 5.13 Å². The summed E-state index contributed by atoms with van der Waals surface area (Å²) in [6.45, 7) is 6.04. The Hall–Kier alpha value is -2.85. The molecule has 0 saturated carbocycles. The normalized spacial score (nSPS) is 17.3. The number of rotatable bonds is 2. The third kappa shape index (κ3) is 2.99. The van der Waals surface area contributed by atoms with Crippen LogP contribution in [0.2, 0.25) is 0 Å². The number of H-pyrrole nitrogens is 1. The lowest BCUT2D eigenvalue weighted by Crippen LogP contribution is -2.29. The molecule has 0 unspecified atom stereocenters. The summed E-state index contributed by atoms with van der Waals surface area (Å²) in [6.07, 6.45) is 3.35. The number of anilines is 2. The van der Waals surface area contributed by atoms with Crippen molar-refractivity contribution in [1.82, 2.24) is 30.0 Å². The first-order chi connectivity index (χ1) is 13.8. The smallest absolute Gasteiger partial charge is 0.275 e. The molecule has 0 fully saturated rings. The fraction of sp³-hybridized carbons (Fsp3) is 0.421. The number of aromatic nitrogens is 5. The zero-order chi connectivity index (χ0) is 20.3. The van der Waals surface area contributed by atoms with Crippen molar-refractivity contribution in [3.05, 3.63) is 33.6 Å². The van der Waals surface area contributed by atoms with Crippen LogP contribution in [0.15, 0.2) is 6.20 Å². The highest BCUT2D eigenvalue weighted by atomic mass is 32.1. The number of amides is 1. The molecular formula is C19H22N8OS. The third-order valence-corrected chi connectivity index (χ3v) is 6.55. The van der Waals surface area contributed by atoms with E-state index in [0.29, 0.717) is 28.6 Å². The van der Waals surface area contributed by atoms with E-state index in [0.717, 1.165) is 36.3 Å². The molecule has 4 N–H and O–H groups in total. The highest BCUT2D eigenvalue weighted by molar-refractivity contribution is 7.15. The molecule has 4 heterocycles. The van der Waals surface area contributed by atoms with Crippen molar-refractivity contribution in [1.29, 1.82) is 0 Å². The van der Waals surface area contributed by atoms with Gasteiger partial charge in [0, 0.05) is 36.1 Å². The highest BCUT2D eigenvalue weighted by Gasteiger charge is 2.38. The number of thiazole rings is 1. The Balaban J connectivity index is 1.50. The van der Waals surface area contributed by atoms with Crippen LogP contribution in [0.1, 0.15) is 46.0 Å². The molecule has 0 saturated heterocycles. The summed E-state index contributed by atoms with van der Waals surface area (Å²) in [6, 6.07) is 0. The van der Waals surface area contributed by atoms with Crippen LogP contribution >= 0.6 is 11.3 Å². The van der Waals surface area contributed by atoms with Crippen LogP contribution in [0.3, 0.4) is 0 Å². The maximum atomic E-state index is 13.1. The molecule has 2 aliphatic rings. The Morgan fingerprint density at radius 2 is 2.17 bits per heavy atom. The number of aromatic amines is 1. The minimum atomic E-state index is -0.299. The summed E-state index contributed by atoms with van der Waals surface area (Å²) in [5.41, 5.74) is 10.2. The van der Waals surface area contributed by atoms with Gasteiger partial charge in [-0.25, -0.2) is 15.0 Å². The van der Waals surface area contributed by atoms with E-state index in [-0.39, 0.29) is 17.3 Å². The molecule has 0 atom stereocenters. The third-order valence-electron chi connectivity index (χ3n) is 5.55. The molecule has 1 aliphatic heterocycles. The average Bonchev–Trinajstić information content (AvgIpc) is 3.26. The molecule has 1 amide bonds. The van der Waals surface area contributed by atoms with Gasteiger partial charge < -0.3 is 10.6 Å². The zero-order valence-electron chi connectivity index (χ0n) is 16.5. The number of nitrogens with two attached hydrogens (primary N) is 1. The topological polar surface area (TPSA) is 126 Å². The van der Waals surface area contributed by atoms with Gasteiger partial charge in [-0.2, -0.15) is 5.10 Å². The quantitative estimate of drug-likeness (QED) is 0.590. The van der Waals surface area contributed by atoms with Crippen molar-refractivity contribution in [2.24, 2.45) is 0 Å². The van der Waals surface area contributed by atoms with Crippen molar-refractivity contribution in [3.63, 3.8) is 0 Å². The van der Waals surface area contributed by atoms with Gasteiger partial charge in [0.25, 0.3) is 5.91 Å². The summed E-state index contributed by atoms with van der Waals surface area (Å²) < 4.78 is 0. The van der Waals surface area contributed by atoms with Gasteiger partial charge in [0.05, 0.1) is 11.4 Å². The second-order valence-corrected chi connectivity index (χ2v) is 9.40. The van der Waals surface area contributed by atoms with Crippen LogP contribution in [0.4, 0.5) is 11.1 Å². The first-order valence-corrected chi connectivity index (χ1v) is 10.3. The molecule has 0 radical (unpaired) electrons. The number of nitrogen functional groups attached to an aromatic ring is 1. The summed E-state index contributed by atoms with van der Waals surface area (Å²) in [5, 5.41) is 10.9. The molecular weight excluding hydrogens is 388 g/mol. The van der Waals surface area contributed by atoms with E-state index < -0.39 is 0 Å². The molecule has 150 valence electrons. The SMILES string of the molecule is CN1CCc2nc(NC(=O)c3[nH]nc4c3C(C)(C)Cc3cnc(N)nc3-4)sc2C1. The van der Waals surface area contributed by atoms with Crippen molar-refractivity contribution < 1.29 is 4.79 Å². The monoisotopic (exact) mass is 410 g/mol. The van der Waals surface area contributed by atoms with Gasteiger partial charge in [-0.15, -0.1) is 11.3 Å². The van der Waals surface area contributed by atoms with Crippen molar-refractivity contribution >= 4 is 28.3 Å². The highest BCUT2D eigenvalue weighted by Crippen LogP contribution is 2.43. The number of likely N-dealkylation sites (N-methyl/N-ethyl adjacent to an activating group) is 1. The maximum Gasteiger partial charge on any atom is 0.275 e. The van der Waals surface area contributed by atoms with Gasteiger partial charge in [0.2, 0.25) is 5.95 Å². The minimum Gasteiger partial charge on any atom is -0.368 e. The number of fused-ring (bicyclic) bond motifs is 4. The molecule has 0 spiro atoms. The number of carbonyl (C=O) groups is 1. The number of carbonyl (C=O) groups excluding carboxylic acids is 1. The van der Waals surface area contributed by atoms with Gasteiger partial charge in [-0.3, -0.25) is 15.2 Å². The maximum absolute atomic E-state index is 13.1. The van der Waals surface area contributed by atoms with Gasteiger partial charge >= 0.3 is 0 Å². The molecule has 0 bridgehead atoms. The number of nitrogens with zero attached hydrogens (tertiary/aromatic N) is 5. The Kier molecular flexibility index (Phi) is 3.97. The van der Waals surface area contributed by atoms with Gasteiger partial charge in [0.1, 0.15) is 11.4 Å². The number of nitrogens with one attached hydrogen (secondary N) is 2. The van der Waals surface area contributed by atoms with E-state index in [4.69, 9.17) is 5.73 Å². The fourth-order valence-corrected chi connectivity index (χ4v) is 5.28. The molecule has 29 heavy (non-hydrogen) atoms. The number of hydrogen-bond donors (Lipinski definition) is 3. The van der Waals surface area contributed by atoms with Crippen LogP contribution in [0, 0.1) is 0 Å². The Morgan fingerprint density at radius 3 is 3.00 bits per heavy atom. The average molecular weight is 411 g/mol. The molecule has 3 aromatic rings. The molecule has 5 rings (SSSR count). The lowest BCUT2D eigenvalue weighted by Gasteiger charge is -2.30. The van der Waals surface area contributed by atoms with Crippen molar-refractivity contribution in [3.8, 4) is 11.4 Å². The molecule has 1 aliphatic carbocycles. The van der Waals surface area contributed by atoms with E-state index in [9.17, 15) is 4.79 Å². The lowest BCUT2D eigenvalue weighted by atomic mass is 9.73.